The minimum absolute atomic E-state index is 0.0475. The third-order valence-electron chi connectivity index (χ3n) is 3.70. The van der Waals surface area contributed by atoms with E-state index in [-0.39, 0.29) is 5.69 Å². The van der Waals surface area contributed by atoms with Gasteiger partial charge in [-0.1, -0.05) is 12.1 Å². The summed E-state index contributed by atoms with van der Waals surface area (Å²) in [5.41, 5.74) is 2.89. The van der Waals surface area contributed by atoms with Crippen LogP contribution in [0.5, 0.6) is 0 Å². The van der Waals surface area contributed by atoms with Crippen molar-refractivity contribution in [3.63, 3.8) is 0 Å². The van der Waals surface area contributed by atoms with E-state index in [2.05, 4.69) is 10.1 Å². The van der Waals surface area contributed by atoms with Crippen molar-refractivity contribution >= 4 is 17.6 Å². The van der Waals surface area contributed by atoms with Crippen LogP contribution in [0.1, 0.15) is 5.56 Å². The van der Waals surface area contributed by atoms with Crippen molar-refractivity contribution in [2.24, 2.45) is 5.10 Å². The lowest BCUT2D eigenvalue weighted by Gasteiger charge is -2.11. The first kappa shape index (κ1) is 16.4. The fourth-order valence-electron chi connectivity index (χ4n) is 2.32. The van der Waals surface area contributed by atoms with Crippen LogP contribution in [0.4, 0.5) is 11.4 Å². The first-order valence-electron chi connectivity index (χ1n) is 7.64. The summed E-state index contributed by atoms with van der Waals surface area (Å²) in [7, 11) is 3.98. The van der Waals surface area contributed by atoms with Gasteiger partial charge in [-0.05, 0) is 29.8 Å². The molecule has 0 saturated heterocycles. The van der Waals surface area contributed by atoms with E-state index in [9.17, 15) is 10.1 Å². The van der Waals surface area contributed by atoms with Crippen LogP contribution in [0, 0.1) is 10.1 Å². The van der Waals surface area contributed by atoms with E-state index in [1.165, 1.54) is 12.1 Å². The molecule has 1 aromatic heterocycles. The number of nitro groups is 1. The van der Waals surface area contributed by atoms with Crippen molar-refractivity contribution in [2.75, 3.05) is 19.0 Å². The van der Waals surface area contributed by atoms with E-state index in [1.54, 1.807) is 35.4 Å². The molecule has 126 valence electrons. The number of non-ortho nitro benzene ring substituents is 1. The molecule has 0 N–H and O–H groups in total. The second-order valence-electron chi connectivity index (χ2n) is 5.63. The summed E-state index contributed by atoms with van der Waals surface area (Å²) in [6, 6.07) is 14.3. The Balaban J connectivity index is 1.82. The van der Waals surface area contributed by atoms with Gasteiger partial charge in [0.15, 0.2) is 5.82 Å². The second kappa shape index (κ2) is 6.96. The molecule has 1 heterocycles. The lowest BCUT2D eigenvalue weighted by Crippen LogP contribution is -2.08. The molecular weight excluding hydrogens is 318 g/mol. The molecule has 25 heavy (non-hydrogen) atoms. The van der Waals surface area contributed by atoms with Crippen LogP contribution in [0.25, 0.3) is 11.4 Å². The Kier molecular flexibility index (Phi) is 4.56. The highest BCUT2D eigenvalue weighted by molar-refractivity contribution is 5.80. The summed E-state index contributed by atoms with van der Waals surface area (Å²) in [6.07, 6.45) is 5.13. The molecule has 0 aliphatic heterocycles. The molecule has 0 amide bonds. The molecule has 0 fully saturated rings. The van der Waals surface area contributed by atoms with Crippen molar-refractivity contribution in [1.82, 2.24) is 9.66 Å². The molecule has 3 aromatic rings. The van der Waals surface area contributed by atoms with Crippen LogP contribution in [0.15, 0.2) is 66.0 Å². The van der Waals surface area contributed by atoms with Gasteiger partial charge in [-0.3, -0.25) is 10.1 Å². The Morgan fingerprint density at radius 2 is 1.80 bits per heavy atom. The standard InChI is InChI=1S/C18H17N5O2/c1-21(2)16-7-3-14(4-8-16)13-20-22-12-11-19-18(22)15-5-9-17(10-6-15)23(24)25/h3-13H,1-2H3/b20-13+. The number of nitrogens with zero attached hydrogens (tertiary/aromatic N) is 5. The van der Waals surface area contributed by atoms with E-state index < -0.39 is 4.92 Å². The van der Waals surface area contributed by atoms with Crippen molar-refractivity contribution in [1.29, 1.82) is 0 Å². The highest BCUT2D eigenvalue weighted by Gasteiger charge is 2.08. The maximum absolute atomic E-state index is 10.7. The van der Waals surface area contributed by atoms with Gasteiger partial charge in [0.25, 0.3) is 5.69 Å². The van der Waals surface area contributed by atoms with Crippen LogP contribution in [-0.2, 0) is 0 Å². The molecule has 7 nitrogen and oxygen atoms in total. The summed E-state index contributed by atoms with van der Waals surface area (Å²) >= 11 is 0. The number of imidazole rings is 1. The SMILES string of the molecule is CN(C)c1ccc(/C=N/n2ccnc2-c2ccc([N+](=O)[O-])cc2)cc1. The number of anilines is 1. The van der Waals surface area contributed by atoms with Crippen LogP contribution in [0.2, 0.25) is 0 Å². The monoisotopic (exact) mass is 335 g/mol. The molecule has 0 unspecified atom stereocenters. The lowest BCUT2D eigenvalue weighted by atomic mass is 10.2. The number of benzene rings is 2. The number of hydrogen-bond donors (Lipinski definition) is 0. The molecule has 7 heteroatoms. The van der Waals surface area contributed by atoms with Gasteiger partial charge in [-0.2, -0.15) is 5.10 Å². The summed E-state index contributed by atoms with van der Waals surface area (Å²) < 4.78 is 1.64. The molecule has 0 atom stereocenters. The summed E-state index contributed by atoms with van der Waals surface area (Å²) in [5.74, 6) is 0.621. The van der Waals surface area contributed by atoms with E-state index in [0.29, 0.717) is 5.82 Å². The normalized spacial score (nSPS) is 11.0. The number of aromatic nitrogens is 2. The molecule has 0 spiro atoms. The fraction of sp³-hybridized carbons (Fsp3) is 0.111. The maximum Gasteiger partial charge on any atom is 0.269 e. The predicted molar refractivity (Wildman–Crippen MR) is 98.1 cm³/mol. The Labute approximate surface area is 145 Å². The Bertz CT molecular complexity index is 896. The molecular formula is C18H17N5O2. The Morgan fingerprint density at radius 1 is 1.12 bits per heavy atom. The summed E-state index contributed by atoms with van der Waals surface area (Å²) in [5, 5.41) is 15.2. The van der Waals surface area contributed by atoms with Gasteiger partial charge in [0.2, 0.25) is 0 Å². The summed E-state index contributed by atoms with van der Waals surface area (Å²) in [6.45, 7) is 0. The molecule has 0 aliphatic rings. The quantitative estimate of drug-likeness (QED) is 0.407. The Hall–Kier alpha value is -3.48. The van der Waals surface area contributed by atoms with Gasteiger partial charge in [-0.15, -0.1) is 0 Å². The highest BCUT2D eigenvalue weighted by atomic mass is 16.6. The van der Waals surface area contributed by atoms with Gasteiger partial charge in [0.05, 0.1) is 11.1 Å². The fourth-order valence-corrected chi connectivity index (χ4v) is 2.32. The van der Waals surface area contributed by atoms with Gasteiger partial charge in [0.1, 0.15) is 0 Å². The third-order valence-corrected chi connectivity index (χ3v) is 3.70. The van der Waals surface area contributed by atoms with E-state index in [4.69, 9.17) is 0 Å². The zero-order valence-electron chi connectivity index (χ0n) is 13.9. The number of rotatable bonds is 5. The maximum atomic E-state index is 10.7. The average Bonchev–Trinajstić information content (AvgIpc) is 3.09. The average molecular weight is 335 g/mol. The zero-order valence-corrected chi connectivity index (χ0v) is 13.9. The molecule has 0 aliphatic carbocycles. The minimum atomic E-state index is -0.425. The molecule has 2 aromatic carbocycles. The lowest BCUT2D eigenvalue weighted by molar-refractivity contribution is -0.384. The minimum Gasteiger partial charge on any atom is -0.378 e. The molecule has 0 saturated carbocycles. The van der Waals surface area contributed by atoms with Gasteiger partial charge in [-0.25, -0.2) is 9.66 Å². The van der Waals surface area contributed by atoms with Crippen LogP contribution < -0.4 is 4.90 Å². The van der Waals surface area contributed by atoms with E-state index in [1.807, 2.05) is 43.3 Å². The number of nitro benzene ring substituents is 1. The van der Waals surface area contributed by atoms with E-state index >= 15 is 0 Å². The molecule has 0 bridgehead atoms. The first-order valence-corrected chi connectivity index (χ1v) is 7.64. The van der Waals surface area contributed by atoms with Crippen LogP contribution in [-0.4, -0.2) is 34.9 Å². The van der Waals surface area contributed by atoms with Crippen LogP contribution >= 0.6 is 0 Å². The van der Waals surface area contributed by atoms with Crippen molar-refractivity contribution in [2.45, 2.75) is 0 Å². The van der Waals surface area contributed by atoms with Gasteiger partial charge in [0, 0.05) is 49.9 Å². The molecule has 3 rings (SSSR count). The number of hydrogen-bond acceptors (Lipinski definition) is 5. The second-order valence-corrected chi connectivity index (χ2v) is 5.63. The Morgan fingerprint density at radius 3 is 2.40 bits per heavy atom. The largest absolute Gasteiger partial charge is 0.378 e. The third kappa shape index (κ3) is 3.72. The predicted octanol–water partition coefficient (Wildman–Crippen LogP) is 3.41. The summed E-state index contributed by atoms with van der Waals surface area (Å²) in [4.78, 5) is 16.6. The van der Waals surface area contributed by atoms with Crippen LogP contribution in [0.3, 0.4) is 0 Å². The molecule has 0 radical (unpaired) electrons. The smallest absolute Gasteiger partial charge is 0.269 e. The van der Waals surface area contributed by atoms with Gasteiger partial charge >= 0.3 is 0 Å². The van der Waals surface area contributed by atoms with E-state index in [0.717, 1.165) is 16.8 Å². The first-order chi connectivity index (χ1) is 12.0. The topological polar surface area (TPSA) is 76.6 Å². The highest BCUT2D eigenvalue weighted by Crippen LogP contribution is 2.21. The van der Waals surface area contributed by atoms with Crippen molar-refractivity contribution in [3.8, 4) is 11.4 Å². The zero-order chi connectivity index (χ0) is 17.8. The van der Waals surface area contributed by atoms with Crippen molar-refractivity contribution in [3.05, 3.63) is 76.6 Å². The van der Waals surface area contributed by atoms with Crippen molar-refractivity contribution < 1.29 is 4.92 Å². The van der Waals surface area contributed by atoms with Gasteiger partial charge < -0.3 is 4.90 Å².